The summed E-state index contributed by atoms with van der Waals surface area (Å²) >= 11 is 0. The molecular weight excluding hydrogens is 172 g/mol. The molecule has 0 heterocycles. The molecule has 0 aromatic carbocycles. The molecule has 0 spiro atoms. The van der Waals surface area contributed by atoms with Gasteiger partial charge in [-0.2, -0.15) is 0 Å². The molecule has 0 aliphatic heterocycles. The van der Waals surface area contributed by atoms with E-state index in [1.807, 2.05) is 0 Å². The van der Waals surface area contributed by atoms with Crippen LogP contribution < -0.4 is 0 Å². The van der Waals surface area contributed by atoms with Gasteiger partial charge in [-0.25, -0.2) is 0 Å². The third kappa shape index (κ3) is 5.74. The highest BCUT2D eigenvalue weighted by atomic mass is 16.1. The summed E-state index contributed by atoms with van der Waals surface area (Å²) in [7, 11) is 0. The summed E-state index contributed by atoms with van der Waals surface area (Å²) in [5, 5.41) is 0. The Hall–Kier alpha value is -0.850. The maximum absolute atomic E-state index is 9.44. The van der Waals surface area contributed by atoms with Crippen LogP contribution in [0.3, 0.4) is 0 Å². The van der Waals surface area contributed by atoms with Gasteiger partial charge in [-0.05, 0) is 39.5 Å². The van der Waals surface area contributed by atoms with E-state index >= 15 is 0 Å². The minimum Gasteiger partial charge on any atom is -0.300 e. The van der Waals surface area contributed by atoms with Crippen molar-refractivity contribution in [1.82, 2.24) is 0 Å². The summed E-state index contributed by atoms with van der Waals surface area (Å²) in [4.78, 5) is 9.44. The number of hydrogen-bond donors (Lipinski definition) is 0. The average Bonchev–Trinajstić information content (AvgIpc) is 2.03. The van der Waals surface area contributed by atoms with Crippen LogP contribution in [0.25, 0.3) is 0 Å². The van der Waals surface area contributed by atoms with Crippen LogP contribution in [-0.2, 0) is 4.79 Å². The van der Waals surface area contributed by atoms with E-state index in [4.69, 9.17) is 0 Å². The van der Waals surface area contributed by atoms with Crippen LogP contribution in [0.4, 0.5) is 0 Å². The Morgan fingerprint density at radius 1 is 1.36 bits per heavy atom. The van der Waals surface area contributed by atoms with Crippen molar-refractivity contribution in [2.45, 2.75) is 47.5 Å². The third-order valence-corrected chi connectivity index (χ3v) is 2.15. The van der Waals surface area contributed by atoms with Crippen LogP contribution in [0.1, 0.15) is 47.5 Å². The minimum absolute atomic E-state index is 0.167. The highest BCUT2D eigenvalue weighted by Gasteiger charge is 2.07. The molecule has 0 unspecified atom stereocenters. The molecule has 1 rings (SSSR count). The zero-order valence-electron chi connectivity index (χ0n) is 10.1. The number of ketones is 1. The fourth-order valence-electron chi connectivity index (χ4n) is 1.55. The molecule has 1 heteroatoms. The van der Waals surface area contributed by atoms with E-state index in [0.717, 1.165) is 5.92 Å². The van der Waals surface area contributed by atoms with Crippen molar-refractivity contribution in [3.8, 4) is 0 Å². The van der Waals surface area contributed by atoms with Crippen molar-refractivity contribution < 1.29 is 4.79 Å². The van der Waals surface area contributed by atoms with Crippen molar-refractivity contribution >= 4 is 5.78 Å². The van der Waals surface area contributed by atoms with Gasteiger partial charge in [-0.3, -0.25) is 0 Å². The lowest BCUT2D eigenvalue weighted by molar-refractivity contribution is -0.114. The number of allylic oxidation sites excluding steroid dienone is 4. The number of rotatable bonds is 1. The molecule has 0 saturated carbocycles. The quantitative estimate of drug-likeness (QED) is 0.618. The lowest BCUT2D eigenvalue weighted by Crippen LogP contribution is -1.99. The molecule has 0 atom stereocenters. The molecule has 0 amide bonds. The van der Waals surface area contributed by atoms with E-state index in [9.17, 15) is 4.79 Å². The molecule has 1 nitrogen and oxygen atoms in total. The monoisotopic (exact) mass is 194 g/mol. The van der Waals surface area contributed by atoms with Gasteiger partial charge >= 0.3 is 0 Å². The zero-order valence-corrected chi connectivity index (χ0v) is 10.1. The number of hydrogen-bond acceptors (Lipinski definition) is 1. The topological polar surface area (TPSA) is 17.1 Å². The minimum atomic E-state index is 0.167. The average molecular weight is 194 g/mol. The Balaban J connectivity index is 0.000000364. The Morgan fingerprint density at radius 2 is 1.86 bits per heavy atom. The third-order valence-electron chi connectivity index (χ3n) is 2.15. The molecule has 0 N–H and O–H groups in total. The largest absolute Gasteiger partial charge is 0.300 e. The molecule has 0 radical (unpaired) electrons. The van der Waals surface area contributed by atoms with Gasteiger partial charge in [0.1, 0.15) is 5.78 Å². The predicted molar refractivity (Wildman–Crippen MR) is 62.3 cm³/mol. The smallest absolute Gasteiger partial charge is 0.126 e. The van der Waals surface area contributed by atoms with E-state index in [0.29, 0.717) is 0 Å². The molecule has 1 aliphatic carbocycles. The number of Topliss-reactive ketones (excluding diaryl/α,β-unsaturated/α-hetero) is 1. The summed E-state index contributed by atoms with van der Waals surface area (Å²) < 4.78 is 0. The fraction of sp³-hybridized carbons (Fsp3) is 0.615. The van der Waals surface area contributed by atoms with Crippen LogP contribution >= 0.6 is 0 Å². The van der Waals surface area contributed by atoms with Gasteiger partial charge in [-0.1, -0.05) is 37.1 Å². The molecule has 0 bridgehead atoms. The van der Waals surface area contributed by atoms with Crippen molar-refractivity contribution in [3.05, 3.63) is 23.3 Å². The zero-order chi connectivity index (χ0) is 11.1. The summed E-state index contributed by atoms with van der Waals surface area (Å²) in [6.07, 6.45) is 7.03. The highest BCUT2D eigenvalue weighted by Crippen LogP contribution is 2.24. The van der Waals surface area contributed by atoms with E-state index in [1.165, 1.54) is 32.3 Å². The van der Waals surface area contributed by atoms with Crippen LogP contribution in [0.5, 0.6) is 0 Å². The molecule has 0 aromatic heterocycles. The van der Waals surface area contributed by atoms with Crippen molar-refractivity contribution in [2.75, 3.05) is 0 Å². The van der Waals surface area contributed by atoms with E-state index in [-0.39, 0.29) is 5.78 Å². The summed E-state index contributed by atoms with van der Waals surface area (Å²) in [5.41, 5.74) is 3.13. The summed E-state index contributed by atoms with van der Waals surface area (Å²) in [6, 6.07) is 0. The Labute approximate surface area is 87.9 Å². The highest BCUT2D eigenvalue weighted by molar-refractivity contribution is 5.72. The molecule has 0 aromatic rings. The first kappa shape index (κ1) is 13.2. The van der Waals surface area contributed by atoms with Crippen molar-refractivity contribution in [3.63, 3.8) is 0 Å². The Bertz CT molecular complexity index is 240. The number of carbonyl (C=O) groups excluding carboxylic acids is 1. The second-order valence-electron chi connectivity index (χ2n) is 4.21. The standard InChI is InChI=1S/C10H16.C3H6O/c1-8(2)10-7-5-4-6-9(10)3;1-3(2)4/h4,6,8H,5,7H2,1-3H3;1-2H3. The fourth-order valence-corrected chi connectivity index (χ4v) is 1.55. The lowest BCUT2D eigenvalue weighted by atomic mass is 9.90. The molecule has 14 heavy (non-hydrogen) atoms. The first-order valence-electron chi connectivity index (χ1n) is 5.28. The van der Waals surface area contributed by atoms with Crippen molar-refractivity contribution in [1.29, 1.82) is 0 Å². The lowest BCUT2D eigenvalue weighted by Gasteiger charge is -2.16. The van der Waals surface area contributed by atoms with Crippen LogP contribution in [0.2, 0.25) is 0 Å². The van der Waals surface area contributed by atoms with Gasteiger partial charge in [0.2, 0.25) is 0 Å². The molecular formula is C13H22O. The summed E-state index contributed by atoms with van der Waals surface area (Å²) in [6.45, 7) is 9.82. The molecule has 80 valence electrons. The van der Waals surface area contributed by atoms with Gasteiger partial charge in [0, 0.05) is 0 Å². The van der Waals surface area contributed by atoms with Gasteiger partial charge < -0.3 is 4.79 Å². The second-order valence-corrected chi connectivity index (χ2v) is 4.21. The van der Waals surface area contributed by atoms with E-state index in [1.54, 1.807) is 5.57 Å². The Morgan fingerprint density at radius 3 is 2.14 bits per heavy atom. The SMILES string of the molecule is CC(C)=O.CC1=C(C(C)C)CCC=C1. The summed E-state index contributed by atoms with van der Waals surface area (Å²) in [5.74, 6) is 0.907. The second kappa shape index (κ2) is 6.58. The first-order valence-corrected chi connectivity index (χ1v) is 5.28. The maximum Gasteiger partial charge on any atom is 0.126 e. The normalized spacial score (nSPS) is 15.3. The van der Waals surface area contributed by atoms with Crippen LogP contribution in [0.15, 0.2) is 23.3 Å². The molecule has 0 fully saturated rings. The molecule has 0 saturated heterocycles. The number of carbonyl (C=O) groups is 1. The Kier molecular flexibility index (Phi) is 6.18. The van der Waals surface area contributed by atoms with E-state index in [2.05, 4.69) is 32.9 Å². The van der Waals surface area contributed by atoms with Gasteiger partial charge in [-0.15, -0.1) is 0 Å². The van der Waals surface area contributed by atoms with Gasteiger partial charge in [0.05, 0.1) is 0 Å². The first-order chi connectivity index (χ1) is 6.45. The van der Waals surface area contributed by atoms with Crippen LogP contribution in [0, 0.1) is 5.92 Å². The van der Waals surface area contributed by atoms with E-state index < -0.39 is 0 Å². The van der Waals surface area contributed by atoms with Gasteiger partial charge in [0.25, 0.3) is 0 Å². The van der Waals surface area contributed by atoms with Crippen molar-refractivity contribution in [2.24, 2.45) is 5.92 Å². The maximum atomic E-state index is 9.44. The predicted octanol–water partition coefficient (Wildman–Crippen LogP) is 3.90. The van der Waals surface area contributed by atoms with Gasteiger partial charge in [0.15, 0.2) is 0 Å². The van der Waals surface area contributed by atoms with Crippen LogP contribution in [-0.4, -0.2) is 5.78 Å². The molecule has 1 aliphatic rings.